The average Bonchev–Trinajstić information content (AvgIpc) is 3.76. The lowest BCUT2D eigenvalue weighted by Gasteiger charge is -2.20. The number of anilines is 1. The van der Waals surface area contributed by atoms with Gasteiger partial charge in [-0.05, 0) is 67.7 Å². The van der Waals surface area contributed by atoms with Crippen LogP contribution in [0.4, 0.5) is 27.6 Å². The molecule has 2 aliphatic heterocycles. The molecule has 1 atom stereocenters. The van der Waals surface area contributed by atoms with Gasteiger partial charge in [-0.3, -0.25) is 19.6 Å². The number of hydrogen-bond donors (Lipinski definition) is 2. The van der Waals surface area contributed by atoms with Crippen LogP contribution in [-0.2, 0) is 19.3 Å². The van der Waals surface area contributed by atoms with Crippen LogP contribution in [0.25, 0.3) is 23.3 Å². The van der Waals surface area contributed by atoms with Crippen LogP contribution in [-0.4, -0.2) is 65.2 Å². The Morgan fingerprint density at radius 2 is 1.66 bits per heavy atom. The molecule has 3 aromatic carbocycles. The predicted molar refractivity (Wildman–Crippen MR) is 181 cm³/mol. The van der Waals surface area contributed by atoms with Crippen molar-refractivity contribution < 1.29 is 36.6 Å². The van der Waals surface area contributed by atoms with Gasteiger partial charge in [-0.1, -0.05) is 48.6 Å². The first kappa shape index (κ1) is 35.2. The van der Waals surface area contributed by atoms with E-state index in [4.69, 9.17) is 4.74 Å². The third kappa shape index (κ3) is 8.04. The highest BCUT2D eigenvalue weighted by molar-refractivity contribution is 6.03. The van der Waals surface area contributed by atoms with Crippen LogP contribution >= 0.6 is 0 Å². The molecule has 1 amide bonds. The van der Waals surface area contributed by atoms with Crippen molar-refractivity contribution in [2.24, 2.45) is 0 Å². The minimum absolute atomic E-state index is 0.0530. The Hall–Kier alpha value is -4.65. The van der Waals surface area contributed by atoms with Gasteiger partial charge in [-0.2, -0.15) is 13.2 Å². The maximum Gasteiger partial charge on any atom is 0.417 e. The van der Waals surface area contributed by atoms with Crippen LogP contribution in [0.5, 0.6) is 5.75 Å². The third-order valence-corrected chi connectivity index (χ3v) is 9.07. The summed E-state index contributed by atoms with van der Waals surface area (Å²) in [5.74, 6) is -2.10. The molecule has 0 unspecified atom stereocenters. The van der Waals surface area contributed by atoms with Gasteiger partial charge in [0.2, 0.25) is 0 Å². The Kier molecular flexibility index (Phi) is 10.6. The molecule has 262 valence electrons. The first-order valence-electron chi connectivity index (χ1n) is 16.4. The molecule has 3 heterocycles. The highest BCUT2D eigenvalue weighted by Gasteiger charge is 2.34. The molecule has 1 aromatic heterocycles. The fourth-order valence-electron chi connectivity index (χ4n) is 6.47. The molecule has 0 saturated carbocycles. The summed E-state index contributed by atoms with van der Waals surface area (Å²) in [7, 11) is 1.40. The van der Waals surface area contributed by atoms with E-state index in [0.29, 0.717) is 37.4 Å². The Balaban J connectivity index is 1.22. The summed E-state index contributed by atoms with van der Waals surface area (Å²) in [4.78, 5) is 21.3. The number of aromatic nitrogens is 1. The Morgan fingerprint density at radius 3 is 2.32 bits per heavy atom. The van der Waals surface area contributed by atoms with Gasteiger partial charge in [-0.15, -0.1) is 0 Å². The third-order valence-electron chi connectivity index (χ3n) is 9.07. The van der Waals surface area contributed by atoms with E-state index in [2.05, 4.69) is 20.1 Å². The zero-order chi connectivity index (χ0) is 35.4. The second-order valence-corrected chi connectivity index (χ2v) is 12.6. The smallest absolute Gasteiger partial charge is 0.417 e. The number of likely N-dealkylation sites (tertiary alicyclic amines) is 2. The number of ether oxygens (including phenoxy) is 1. The zero-order valence-corrected chi connectivity index (χ0v) is 27.4. The molecule has 2 aliphatic rings. The van der Waals surface area contributed by atoms with Crippen molar-refractivity contribution in [3.8, 4) is 16.9 Å². The normalized spacial score (nSPS) is 17.1. The van der Waals surface area contributed by atoms with Gasteiger partial charge in [0, 0.05) is 54.6 Å². The summed E-state index contributed by atoms with van der Waals surface area (Å²) >= 11 is 0. The van der Waals surface area contributed by atoms with Crippen LogP contribution in [0.15, 0.2) is 66.9 Å². The van der Waals surface area contributed by atoms with Gasteiger partial charge < -0.3 is 15.2 Å². The molecular weight excluding hydrogens is 655 g/mol. The molecule has 7 nitrogen and oxygen atoms in total. The number of halogens is 5. The van der Waals surface area contributed by atoms with Crippen molar-refractivity contribution in [2.45, 2.75) is 44.6 Å². The van der Waals surface area contributed by atoms with Gasteiger partial charge in [-0.25, -0.2) is 8.78 Å². The van der Waals surface area contributed by atoms with Gasteiger partial charge in [0.25, 0.3) is 5.91 Å². The lowest BCUT2D eigenvalue weighted by atomic mass is 9.98. The number of aliphatic hydroxyl groups is 1. The van der Waals surface area contributed by atoms with Gasteiger partial charge in [0.05, 0.1) is 24.5 Å². The molecular formula is C38H37F5N4O3. The van der Waals surface area contributed by atoms with Crippen molar-refractivity contribution in [3.05, 3.63) is 112 Å². The molecule has 0 radical (unpaired) electrons. The van der Waals surface area contributed by atoms with E-state index in [1.54, 1.807) is 12.3 Å². The van der Waals surface area contributed by atoms with E-state index in [0.717, 1.165) is 44.1 Å². The van der Waals surface area contributed by atoms with E-state index >= 15 is 8.78 Å². The number of pyridine rings is 1. The number of amides is 1. The first-order valence-corrected chi connectivity index (χ1v) is 16.4. The summed E-state index contributed by atoms with van der Waals surface area (Å²) in [5.41, 5.74) is -0.268. The lowest BCUT2D eigenvalue weighted by Crippen LogP contribution is -2.21. The largest absolute Gasteiger partial charge is 0.496 e. The molecule has 50 heavy (non-hydrogen) atoms. The number of nitrogens with zero attached hydrogens (tertiary/aromatic N) is 3. The standard InChI is InChI=1S/C38H37F5N4O3/c1-50-34-19-26(31(38(41,42)43)18-27(34)22-46-15-2-3-16-46)12-11-25-6-4-7-29(35(25)39)30-8-5-9-32(36(30)40)45-37(49)33-13-10-24(20-44-33)21-47-17-14-28(48)23-47/h4-13,18-20,28,48H,2-3,14-17,21-23H2,1H3,(H,45,49)/b12-11+/t28-/m1/s1. The van der Waals surface area contributed by atoms with Crippen molar-refractivity contribution in [1.29, 1.82) is 0 Å². The summed E-state index contributed by atoms with van der Waals surface area (Å²) in [5, 5.41) is 12.2. The summed E-state index contributed by atoms with van der Waals surface area (Å²) in [6.45, 7) is 3.83. The van der Waals surface area contributed by atoms with Crippen LogP contribution in [0.1, 0.15) is 57.6 Å². The van der Waals surface area contributed by atoms with Crippen molar-refractivity contribution >= 4 is 23.7 Å². The summed E-state index contributed by atoms with van der Waals surface area (Å²) in [6.07, 6.45) is 1.60. The number of rotatable bonds is 10. The van der Waals surface area contributed by atoms with Gasteiger partial charge >= 0.3 is 6.18 Å². The maximum atomic E-state index is 15.9. The van der Waals surface area contributed by atoms with Gasteiger partial charge in [0.15, 0.2) is 5.82 Å². The van der Waals surface area contributed by atoms with E-state index in [1.807, 2.05) is 0 Å². The highest BCUT2D eigenvalue weighted by Crippen LogP contribution is 2.38. The summed E-state index contributed by atoms with van der Waals surface area (Å²) < 4.78 is 79.7. The molecule has 4 aromatic rings. The molecule has 2 fully saturated rings. The van der Waals surface area contributed by atoms with E-state index in [1.165, 1.54) is 67.8 Å². The first-order chi connectivity index (χ1) is 24.0. The SMILES string of the molecule is COc1cc(/C=C/c2cccc(-c3cccc(NC(=O)c4ccc(CN5CC[C@@H](O)C5)cn4)c3F)c2F)c(C(F)(F)F)cc1CN1CCCC1. The van der Waals surface area contributed by atoms with Crippen LogP contribution in [0, 0.1) is 11.6 Å². The van der Waals surface area contributed by atoms with Gasteiger partial charge in [0.1, 0.15) is 17.3 Å². The second-order valence-electron chi connectivity index (χ2n) is 12.6. The van der Waals surface area contributed by atoms with Crippen LogP contribution in [0.3, 0.4) is 0 Å². The Labute approximate surface area is 287 Å². The Bertz CT molecular complexity index is 1870. The van der Waals surface area contributed by atoms with Crippen LogP contribution < -0.4 is 10.1 Å². The predicted octanol–water partition coefficient (Wildman–Crippen LogP) is 7.64. The number of nitrogens with one attached hydrogen (secondary N) is 1. The average molecular weight is 693 g/mol. The van der Waals surface area contributed by atoms with E-state index in [-0.39, 0.29) is 39.7 Å². The number of hydrogen-bond acceptors (Lipinski definition) is 6. The minimum Gasteiger partial charge on any atom is -0.496 e. The number of carbonyl (C=O) groups excluding carboxylic acids is 1. The zero-order valence-electron chi connectivity index (χ0n) is 27.4. The maximum absolute atomic E-state index is 15.9. The highest BCUT2D eigenvalue weighted by atomic mass is 19.4. The van der Waals surface area contributed by atoms with Crippen molar-refractivity contribution in [1.82, 2.24) is 14.8 Å². The number of aliphatic hydroxyl groups excluding tert-OH is 1. The molecule has 2 N–H and O–H groups in total. The topological polar surface area (TPSA) is 77.9 Å². The number of alkyl halides is 3. The lowest BCUT2D eigenvalue weighted by molar-refractivity contribution is -0.137. The molecule has 6 rings (SSSR count). The molecule has 0 spiro atoms. The van der Waals surface area contributed by atoms with Crippen molar-refractivity contribution in [2.75, 3.05) is 38.6 Å². The number of β-amino-alcohol motifs (C(OH)–C–C–N with tert-alkyl or cyclic N) is 1. The summed E-state index contributed by atoms with van der Waals surface area (Å²) in [6, 6.07) is 14.0. The molecule has 2 saturated heterocycles. The fraction of sp³-hybridized carbons (Fsp3) is 0.316. The molecule has 0 bridgehead atoms. The van der Waals surface area contributed by atoms with E-state index in [9.17, 15) is 23.1 Å². The van der Waals surface area contributed by atoms with Crippen LogP contribution in [0.2, 0.25) is 0 Å². The number of methoxy groups -OCH3 is 1. The minimum atomic E-state index is -4.67. The molecule has 12 heteroatoms. The number of carbonyl (C=O) groups is 1. The van der Waals surface area contributed by atoms with Crippen molar-refractivity contribution in [3.63, 3.8) is 0 Å². The number of benzene rings is 3. The van der Waals surface area contributed by atoms with E-state index < -0.39 is 29.3 Å². The quantitative estimate of drug-likeness (QED) is 0.132. The monoisotopic (exact) mass is 692 g/mol. The second kappa shape index (κ2) is 15.1. The molecule has 0 aliphatic carbocycles. The fourth-order valence-corrected chi connectivity index (χ4v) is 6.47. The Morgan fingerprint density at radius 1 is 0.940 bits per heavy atom.